The summed E-state index contributed by atoms with van der Waals surface area (Å²) in [5.74, 6) is 0.231. The second-order valence-electron chi connectivity index (χ2n) is 4.95. The Morgan fingerprint density at radius 3 is 2.95 bits per heavy atom. The maximum Gasteiger partial charge on any atom is 0.267 e. The van der Waals surface area contributed by atoms with E-state index in [0.717, 1.165) is 18.5 Å². The first-order valence-corrected chi connectivity index (χ1v) is 6.46. The van der Waals surface area contributed by atoms with Crippen LogP contribution in [0.1, 0.15) is 31.4 Å². The highest BCUT2D eigenvalue weighted by molar-refractivity contribution is 5.75. The van der Waals surface area contributed by atoms with Gasteiger partial charge in [0.15, 0.2) is 0 Å². The highest BCUT2D eigenvalue weighted by Gasteiger charge is 2.25. The molecule has 1 fully saturated rings. The molecule has 1 N–H and O–H groups in total. The molecule has 19 heavy (non-hydrogen) atoms. The fraction of sp³-hybridized carbons (Fsp3) is 0.615. The summed E-state index contributed by atoms with van der Waals surface area (Å²) < 4.78 is 6.16. The monoisotopic (exact) mass is 265 g/mol. The molecule has 1 saturated carbocycles. The van der Waals surface area contributed by atoms with Crippen LogP contribution < -0.4 is 10.9 Å². The van der Waals surface area contributed by atoms with Crippen molar-refractivity contribution in [2.45, 2.75) is 38.3 Å². The summed E-state index contributed by atoms with van der Waals surface area (Å²) in [6, 6.07) is 3.15. The average Bonchev–Trinajstić information content (AvgIpc) is 3.16. The van der Waals surface area contributed by atoms with Gasteiger partial charge in [-0.3, -0.25) is 9.59 Å². The van der Waals surface area contributed by atoms with Crippen LogP contribution in [-0.2, 0) is 16.1 Å². The summed E-state index contributed by atoms with van der Waals surface area (Å²) in [6.07, 6.45) is 2.23. The third kappa shape index (κ3) is 3.89. The second-order valence-corrected chi connectivity index (χ2v) is 4.95. The number of amides is 1. The summed E-state index contributed by atoms with van der Waals surface area (Å²) in [6.45, 7) is 2.24. The number of ether oxygens (including phenoxy) is 1. The topological polar surface area (TPSA) is 73.2 Å². The van der Waals surface area contributed by atoms with Crippen LogP contribution in [0.25, 0.3) is 0 Å². The Kier molecular flexibility index (Phi) is 4.31. The Morgan fingerprint density at radius 1 is 1.58 bits per heavy atom. The van der Waals surface area contributed by atoms with E-state index >= 15 is 0 Å². The molecule has 6 heteroatoms. The van der Waals surface area contributed by atoms with Crippen molar-refractivity contribution in [1.29, 1.82) is 0 Å². The highest BCUT2D eigenvalue weighted by Crippen LogP contribution is 2.38. The number of rotatable bonds is 6. The first-order chi connectivity index (χ1) is 9.10. The van der Waals surface area contributed by atoms with Crippen LogP contribution in [0.5, 0.6) is 0 Å². The third-order valence-corrected chi connectivity index (χ3v) is 3.00. The molecule has 0 aliphatic heterocycles. The Bertz CT molecular complexity index is 508. The lowest BCUT2D eigenvalue weighted by Gasteiger charge is -2.13. The first kappa shape index (κ1) is 13.7. The lowest BCUT2D eigenvalue weighted by Crippen LogP contribution is -2.40. The highest BCUT2D eigenvalue weighted by atomic mass is 16.5. The molecule has 1 atom stereocenters. The molecule has 1 aromatic rings. The largest absolute Gasteiger partial charge is 0.383 e. The summed E-state index contributed by atoms with van der Waals surface area (Å²) in [7, 11) is 1.58. The molecule has 1 aromatic heterocycles. The first-order valence-electron chi connectivity index (χ1n) is 6.46. The van der Waals surface area contributed by atoms with Crippen molar-refractivity contribution in [3.8, 4) is 0 Å². The number of aromatic nitrogens is 2. The molecule has 0 aromatic carbocycles. The molecule has 1 amide bonds. The molecule has 6 nitrogen and oxygen atoms in total. The van der Waals surface area contributed by atoms with Crippen LogP contribution in [-0.4, -0.2) is 35.4 Å². The quantitative estimate of drug-likeness (QED) is 0.801. The summed E-state index contributed by atoms with van der Waals surface area (Å²) in [5, 5.41) is 7.00. The van der Waals surface area contributed by atoms with Crippen molar-refractivity contribution in [3.05, 3.63) is 28.2 Å². The molecule has 0 bridgehead atoms. The van der Waals surface area contributed by atoms with Gasteiger partial charge < -0.3 is 10.1 Å². The van der Waals surface area contributed by atoms with E-state index in [1.165, 1.54) is 10.7 Å². The van der Waals surface area contributed by atoms with Gasteiger partial charge in [0, 0.05) is 25.1 Å². The molecule has 2 rings (SSSR count). The van der Waals surface area contributed by atoms with E-state index in [4.69, 9.17) is 4.74 Å². The van der Waals surface area contributed by atoms with Gasteiger partial charge >= 0.3 is 0 Å². The molecule has 104 valence electrons. The molecular weight excluding hydrogens is 246 g/mol. The Hall–Kier alpha value is -1.69. The van der Waals surface area contributed by atoms with Crippen LogP contribution in [0.3, 0.4) is 0 Å². The van der Waals surface area contributed by atoms with Gasteiger partial charge in [0.05, 0.1) is 12.3 Å². The van der Waals surface area contributed by atoms with E-state index in [2.05, 4.69) is 10.4 Å². The maximum atomic E-state index is 11.8. The summed E-state index contributed by atoms with van der Waals surface area (Å²) in [5.41, 5.74) is 0.649. The van der Waals surface area contributed by atoms with Gasteiger partial charge in [-0.1, -0.05) is 0 Å². The predicted molar refractivity (Wildman–Crippen MR) is 70.0 cm³/mol. The summed E-state index contributed by atoms with van der Waals surface area (Å²) >= 11 is 0. The molecule has 0 saturated heterocycles. The third-order valence-electron chi connectivity index (χ3n) is 3.00. The van der Waals surface area contributed by atoms with Gasteiger partial charge in [-0.15, -0.1) is 0 Å². The van der Waals surface area contributed by atoms with Crippen molar-refractivity contribution >= 4 is 5.91 Å². The van der Waals surface area contributed by atoms with Gasteiger partial charge in [0.2, 0.25) is 5.91 Å². The SMILES string of the molecule is COC[C@H](C)NC(=O)Cn1nc(C2CC2)ccc1=O. The maximum absolute atomic E-state index is 11.8. The van der Waals surface area contributed by atoms with Crippen molar-refractivity contribution in [3.63, 3.8) is 0 Å². The van der Waals surface area contributed by atoms with Gasteiger partial charge in [-0.25, -0.2) is 4.68 Å². The van der Waals surface area contributed by atoms with E-state index in [1.54, 1.807) is 13.2 Å². The van der Waals surface area contributed by atoms with Gasteiger partial charge in [-0.05, 0) is 25.8 Å². The normalized spacial score (nSPS) is 16.1. The van der Waals surface area contributed by atoms with Crippen LogP contribution >= 0.6 is 0 Å². The number of nitrogens with zero attached hydrogens (tertiary/aromatic N) is 2. The van der Waals surface area contributed by atoms with E-state index in [0.29, 0.717) is 12.5 Å². The lowest BCUT2D eigenvalue weighted by molar-refractivity contribution is -0.122. The zero-order valence-electron chi connectivity index (χ0n) is 11.3. The second kappa shape index (κ2) is 5.97. The standard InChI is InChI=1S/C13H19N3O3/c1-9(8-19-2)14-12(17)7-16-13(18)6-5-11(15-16)10-3-4-10/h5-6,9-10H,3-4,7-8H2,1-2H3,(H,14,17)/t9-/m0/s1. The summed E-state index contributed by atoms with van der Waals surface area (Å²) in [4.78, 5) is 23.4. The average molecular weight is 265 g/mol. The van der Waals surface area contributed by atoms with Crippen LogP contribution in [0.2, 0.25) is 0 Å². The molecular formula is C13H19N3O3. The molecule has 0 spiro atoms. The van der Waals surface area contributed by atoms with Crippen molar-refractivity contribution < 1.29 is 9.53 Å². The number of methoxy groups -OCH3 is 1. The predicted octanol–water partition coefficient (Wildman–Crippen LogP) is 0.272. The van der Waals surface area contributed by atoms with E-state index in [9.17, 15) is 9.59 Å². The van der Waals surface area contributed by atoms with E-state index < -0.39 is 0 Å². The van der Waals surface area contributed by atoms with Crippen molar-refractivity contribution in [2.24, 2.45) is 0 Å². The van der Waals surface area contributed by atoms with Crippen molar-refractivity contribution in [1.82, 2.24) is 15.1 Å². The molecule has 1 aliphatic carbocycles. The van der Waals surface area contributed by atoms with Gasteiger partial charge in [0.1, 0.15) is 6.54 Å². The Balaban J connectivity index is 1.99. The number of carbonyl (C=O) groups is 1. The van der Waals surface area contributed by atoms with Crippen LogP contribution in [0, 0.1) is 0 Å². The smallest absolute Gasteiger partial charge is 0.267 e. The Morgan fingerprint density at radius 2 is 2.32 bits per heavy atom. The molecule has 1 heterocycles. The molecule has 0 unspecified atom stereocenters. The van der Waals surface area contributed by atoms with Crippen LogP contribution in [0.15, 0.2) is 16.9 Å². The fourth-order valence-electron chi connectivity index (χ4n) is 1.92. The zero-order valence-corrected chi connectivity index (χ0v) is 11.3. The minimum absolute atomic E-state index is 0.0482. The van der Waals surface area contributed by atoms with Gasteiger partial charge in [-0.2, -0.15) is 5.10 Å². The Labute approximate surface area is 111 Å². The number of hydrogen-bond acceptors (Lipinski definition) is 4. The number of hydrogen-bond donors (Lipinski definition) is 1. The molecule has 0 radical (unpaired) electrons. The van der Waals surface area contributed by atoms with E-state index in [-0.39, 0.29) is 24.1 Å². The minimum Gasteiger partial charge on any atom is -0.383 e. The zero-order chi connectivity index (χ0) is 13.8. The number of carbonyl (C=O) groups excluding carboxylic acids is 1. The molecule has 1 aliphatic rings. The fourth-order valence-corrected chi connectivity index (χ4v) is 1.92. The van der Waals surface area contributed by atoms with Gasteiger partial charge in [0.25, 0.3) is 5.56 Å². The van der Waals surface area contributed by atoms with Crippen molar-refractivity contribution in [2.75, 3.05) is 13.7 Å². The lowest BCUT2D eigenvalue weighted by atomic mass is 10.3. The van der Waals surface area contributed by atoms with Crippen LogP contribution in [0.4, 0.5) is 0 Å². The number of nitrogens with one attached hydrogen (secondary N) is 1. The minimum atomic E-state index is -0.251. The van der Waals surface area contributed by atoms with E-state index in [1.807, 2.05) is 6.92 Å².